The fraction of sp³-hybridized carbons (Fsp3) is 0.364. The zero-order chi connectivity index (χ0) is 12.1. The van der Waals surface area contributed by atoms with Gasteiger partial charge in [0.2, 0.25) is 0 Å². The third kappa shape index (κ3) is 3.12. The fourth-order valence-electron chi connectivity index (χ4n) is 1.26. The molecule has 88 valence electrons. The molecule has 1 aromatic carbocycles. The SMILES string of the molecule is CC[C@H](CO)NC(=O)c1ccc(N)cc1Cl. The van der Waals surface area contributed by atoms with Crippen LogP contribution in [0.25, 0.3) is 0 Å². The van der Waals surface area contributed by atoms with E-state index in [1.165, 1.54) is 6.07 Å². The highest BCUT2D eigenvalue weighted by molar-refractivity contribution is 6.34. The number of hydrogen-bond acceptors (Lipinski definition) is 3. The van der Waals surface area contributed by atoms with E-state index in [1.54, 1.807) is 12.1 Å². The number of nitrogens with one attached hydrogen (secondary N) is 1. The molecule has 0 aliphatic rings. The Kier molecular flexibility index (Phi) is 4.58. The number of amides is 1. The molecule has 0 bridgehead atoms. The summed E-state index contributed by atoms with van der Waals surface area (Å²) in [5.41, 5.74) is 6.40. The third-order valence-electron chi connectivity index (χ3n) is 2.29. The Balaban J connectivity index is 2.80. The van der Waals surface area contributed by atoms with Gasteiger partial charge in [0.1, 0.15) is 0 Å². The van der Waals surface area contributed by atoms with Gasteiger partial charge in [0.25, 0.3) is 5.91 Å². The van der Waals surface area contributed by atoms with Crippen molar-refractivity contribution in [2.45, 2.75) is 19.4 Å². The quantitative estimate of drug-likeness (QED) is 0.699. The number of halogens is 1. The van der Waals surface area contributed by atoms with Crippen LogP contribution in [0, 0.1) is 0 Å². The second-order valence-electron chi connectivity index (χ2n) is 3.50. The van der Waals surface area contributed by atoms with Crippen LogP contribution in [0.2, 0.25) is 5.02 Å². The molecule has 0 aliphatic carbocycles. The van der Waals surface area contributed by atoms with E-state index < -0.39 is 0 Å². The summed E-state index contributed by atoms with van der Waals surface area (Å²) in [6.07, 6.45) is 0.662. The maximum Gasteiger partial charge on any atom is 0.253 e. The smallest absolute Gasteiger partial charge is 0.253 e. The van der Waals surface area contributed by atoms with Crippen molar-refractivity contribution in [2.75, 3.05) is 12.3 Å². The van der Waals surface area contributed by atoms with Crippen molar-refractivity contribution in [2.24, 2.45) is 0 Å². The molecule has 0 radical (unpaired) electrons. The Morgan fingerprint density at radius 3 is 2.81 bits per heavy atom. The zero-order valence-corrected chi connectivity index (χ0v) is 9.79. The van der Waals surface area contributed by atoms with Gasteiger partial charge in [0.05, 0.1) is 23.2 Å². The van der Waals surface area contributed by atoms with Crippen LogP contribution in [-0.4, -0.2) is 23.7 Å². The lowest BCUT2D eigenvalue weighted by Gasteiger charge is -2.14. The van der Waals surface area contributed by atoms with Crippen molar-refractivity contribution in [3.63, 3.8) is 0 Å². The third-order valence-corrected chi connectivity index (χ3v) is 2.60. The number of hydrogen-bond donors (Lipinski definition) is 3. The van der Waals surface area contributed by atoms with Crippen LogP contribution >= 0.6 is 11.6 Å². The molecule has 0 fully saturated rings. The second kappa shape index (κ2) is 5.72. The monoisotopic (exact) mass is 242 g/mol. The number of aliphatic hydroxyl groups is 1. The number of nitrogen functional groups attached to an aromatic ring is 1. The van der Waals surface area contributed by atoms with Gasteiger partial charge < -0.3 is 16.2 Å². The van der Waals surface area contributed by atoms with E-state index in [4.69, 9.17) is 22.4 Å². The van der Waals surface area contributed by atoms with Gasteiger partial charge in [-0.2, -0.15) is 0 Å². The summed E-state index contributed by atoms with van der Waals surface area (Å²) >= 11 is 5.89. The number of carbonyl (C=O) groups is 1. The minimum Gasteiger partial charge on any atom is -0.399 e. The second-order valence-corrected chi connectivity index (χ2v) is 3.91. The van der Waals surface area contributed by atoms with Crippen molar-refractivity contribution in [3.05, 3.63) is 28.8 Å². The first kappa shape index (κ1) is 12.8. The number of rotatable bonds is 4. The van der Waals surface area contributed by atoms with E-state index >= 15 is 0 Å². The summed E-state index contributed by atoms with van der Waals surface area (Å²) in [6.45, 7) is 1.79. The first-order chi connectivity index (χ1) is 7.58. The average molecular weight is 243 g/mol. The Hall–Kier alpha value is -1.26. The van der Waals surface area contributed by atoms with E-state index in [9.17, 15) is 4.79 Å². The van der Waals surface area contributed by atoms with Crippen molar-refractivity contribution < 1.29 is 9.90 Å². The maximum absolute atomic E-state index is 11.8. The number of aliphatic hydroxyl groups excluding tert-OH is 1. The molecule has 4 nitrogen and oxygen atoms in total. The molecular formula is C11H15ClN2O2. The van der Waals surface area contributed by atoms with Gasteiger partial charge in [-0.3, -0.25) is 4.79 Å². The molecule has 4 N–H and O–H groups in total. The summed E-state index contributed by atoms with van der Waals surface area (Å²) in [7, 11) is 0. The van der Waals surface area contributed by atoms with Crippen molar-refractivity contribution in [1.82, 2.24) is 5.32 Å². The van der Waals surface area contributed by atoms with Gasteiger partial charge in [0.15, 0.2) is 0 Å². The van der Waals surface area contributed by atoms with Gasteiger partial charge in [-0.05, 0) is 24.6 Å². The summed E-state index contributed by atoms with van der Waals surface area (Å²) in [5, 5.41) is 12.0. The highest BCUT2D eigenvalue weighted by atomic mass is 35.5. The lowest BCUT2D eigenvalue weighted by molar-refractivity contribution is 0.0915. The number of benzene rings is 1. The molecule has 1 atom stereocenters. The number of carbonyl (C=O) groups excluding carboxylic acids is 1. The van der Waals surface area contributed by atoms with Gasteiger partial charge in [-0.15, -0.1) is 0 Å². The van der Waals surface area contributed by atoms with Gasteiger partial charge >= 0.3 is 0 Å². The van der Waals surface area contributed by atoms with E-state index in [-0.39, 0.29) is 18.6 Å². The van der Waals surface area contributed by atoms with Crippen LogP contribution in [0.5, 0.6) is 0 Å². The van der Waals surface area contributed by atoms with Crippen LogP contribution < -0.4 is 11.1 Å². The molecule has 0 aliphatic heterocycles. The lowest BCUT2D eigenvalue weighted by Crippen LogP contribution is -2.37. The van der Waals surface area contributed by atoms with Crippen LogP contribution in [0.3, 0.4) is 0 Å². The van der Waals surface area contributed by atoms with Crippen LogP contribution in [0.4, 0.5) is 5.69 Å². The minimum atomic E-state index is -0.300. The van der Waals surface area contributed by atoms with E-state index in [1.807, 2.05) is 6.92 Å². The molecule has 1 amide bonds. The zero-order valence-electron chi connectivity index (χ0n) is 9.03. The summed E-state index contributed by atoms with van der Waals surface area (Å²) in [6, 6.07) is 4.45. The predicted molar refractivity (Wildman–Crippen MR) is 64.5 cm³/mol. The first-order valence-corrected chi connectivity index (χ1v) is 5.43. The van der Waals surface area contributed by atoms with Gasteiger partial charge in [-0.25, -0.2) is 0 Å². The average Bonchev–Trinajstić information content (AvgIpc) is 2.25. The van der Waals surface area contributed by atoms with Crippen LogP contribution in [-0.2, 0) is 0 Å². The van der Waals surface area contributed by atoms with Crippen molar-refractivity contribution in [3.8, 4) is 0 Å². The Morgan fingerprint density at radius 1 is 1.62 bits per heavy atom. The van der Waals surface area contributed by atoms with Crippen molar-refractivity contribution >= 4 is 23.2 Å². The van der Waals surface area contributed by atoms with Crippen LogP contribution in [0.1, 0.15) is 23.7 Å². The van der Waals surface area contributed by atoms with Crippen LogP contribution in [0.15, 0.2) is 18.2 Å². The summed E-state index contributed by atoms with van der Waals surface area (Å²) in [4.78, 5) is 11.8. The molecule has 5 heteroatoms. The molecule has 0 spiro atoms. The number of anilines is 1. The largest absolute Gasteiger partial charge is 0.399 e. The standard InChI is InChI=1S/C11H15ClN2O2/c1-2-8(6-15)14-11(16)9-4-3-7(13)5-10(9)12/h3-5,8,15H,2,6,13H2,1H3,(H,14,16)/t8-/m1/s1. The molecule has 0 unspecified atom stereocenters. The topological polar surface area (TPSA) is 75.3 Å². The molecule has 1 aromatic rings. The first-order valence-electron chi connectivity index (χ1n) is 5.05. The fourth-order valence-corrected chi connectivity index (χ4v) is 1.53. The Bertz CT molecular complexity index is 378. The molecule has 0 heterocycles. The van der Waals surface area contributed by atoms with E-state index in [0.717, 1.165) is 0 Å². The Labute approximate surface area is 99.4 Å². The van der Waals surface area contributed by atoms with Gasteiger partial charge in [-0.1, -0.05) is 18.5 Å². The van der Waals surface area contributed by atoms with E-state index in [0.29, 0.717) is 22.7 Å². The normalized spacial score (nSPS) is 12.2. The highest BCUT2D eigenvalue weighted by Crippen LogP contribution is 2.19. The summed E-state index contributed by atoms with van der Waals surface area (Å²) < 4.78 is 0. The molecule has 1 rings (SSSR count). The molecular weight excluding hydrogens is 228 g/mol. The molecule has 0 saturated heterocycles. The molecule has 0 aromatic heterocycles. The molecule has 0 saturated carbocycles. The predicted octanol–water partition coefficient (Wildman–Crippen LogP) is 1.42. The molecule has 16 heavy (non-hydrogen) atoms. The number of nitrogens with two attached hydrogens (primary N) is 1. The van der Waals surface area contributed by atoms with E-state index in [2.05, 4.69) is 5.32 Å². The summed E-state index contributed by atoms with van der Waals surface area (Å²) in [5.74, 6) is -0.300. The Morgan fingerprint density at radius 2 is 2.31 bits per heavy atom. The van der Waals surface area contributed by atoms with Crippen molar-refractivity contribution in [1.29, 1.82) is 0 Å². The lowest BCUT2D eigenvalue weighted by atomic mass is 10.1. The minimum absolute atomic E-state index is 0.0885. The highest BCUT2D eigenvalue weighted by Gasteiger charge is 2.13. The maximum atomic E-state index is 11.8. The van der Waals surface area contributed by atoms with Gasteiger partial charge in [0, 0.05) is 5.69 Å².